The Kier molecular flexibility index (Phi) is 2.91. The van der Waals surface area contributed by atoms with Gasteiger partial charge in [-0.25, -0.2) is 0 Å². The van der Waals surface area contributed by atoms with Crippen LogP contribution in [0.15, 0.2) is 47.3 Å². The van der Waals surface area contributed by atoms with Crippen LogP contribution in [0.1, 0.15) is 33.6 Å². The minimum atomic E-state index is -0.129. The standard InChI is InChI=1S/C15H13NO3/c17-14-6-3-8-16(13-5-2-1-4-12(13)14)15(18)11-7-9-19-10-11/h1-2,4-5,7,9-10H,3,6,8H2. The summed E-state index contributed by atoms with van der Waals surface area (Å²) >= 11 is 0. The summed E-state index contributed by atoms with van der Waals surface area (Å²) in [5.41, 5.74) is 1.82. The minimum absolute atomic E-state index is 0.0955. The highest BCUT2D eigenvalue weighted by molar-refractivity contribution is 6.11. The fourth-order valence-corrected chi connectivity index (χ4v) is 2.35. The van der Waals surface area contributed by atoms with Gasteiger partial charge in [0.15, 0.2) is 5.78 Å². The first kappa shape index (κ1) is 11.7. The van der Waals surface area contributed by atoms with Crippen LogP contribution in [0.3, 0.4) is 0 Å². The minimum Gasteiger partial charge on any atom is -0.472 e. The molecule has 1 aliphatic heterocycles. The molecule has 1 aromatic heterocycles. The topological polar surface area (TPSA) is 50.5 Å². The van der Waals surface area contributed by atoms with Gasteiger partial charge in [-0.1, -0.05) is 12.1 Å². The average Bonchev–Trinajstić information content (AvgIpc) is 2.91. The van der Waals surface area contributed by atoms with Crippen LogP contribution in [0, 0.1) is 0 Å². The van der Waals surface area contributed by atoms with E-state index in [9.17, 15) is 9.59 Å². The number of anilines is 1. The Labute approximate surface area is 110 Å². The van der Waals surface area contributed by atoms with Crippen LogP contribution in [0.2, 0.25) is 0 Å². The van der Waals surface area contributed by atoms with Crippen molar-refractivity contribution < 1.29 is 14.0 Å². The van der Waals surface area contributed by atoms with Gasteiger partial charge in [0.2, 0.25) is 0 Å². The molecule has 2 heterocycles. The number of carbonyl (C=O) groups excluding carboxylic acids is 2. The van der Waals surface area contributed by atoms with Gasteiger partial charge in [0.25, 0.3) is 5.91 Å². The van der Waals surface area contributed by atoms with Crippen LogP contribution in [0.25, 0.3) is 0 Å². The summed E-state index contributed by atoms with van der Waals surface area (Å²) in [6, 6.07) is 8.89. The van der Waals surface area contributed by atoms with Gasteiger partial charge in [0.1, 0.15) is 6.26 Å². The molecule has 19 heavy (non-hydrogen) atoms. The van der Waals surface area contributed by atoms with E-state index in [1.165, 1.54) is 12.5 Å². The molecule has 0 atom stereocenters. The quantitative estimate of drug-likeness (QED) is 0.787. The number of nitrogens with zero attached hydrogens (tertiary/aromatic N) is 1. The maximum Gasteiger partial charge on any atom is 0.261 e. The molecule has 1 aliphatic rings. The zero-order chi connectivity index (χ0) is 13.2. The molecule has 0 bridgehead atoms. The van der Waals surface area contributed by atoms with Gasteiger partial charge >= 0.3 is 0 Å². The van der Waals surface area contributed by atoms with E-state index in [4.69, 9.17) is 4.42 Å². The third kappa shape index (κ3) is 2.05. The van der Waals surface area contributed by atoms with Crippen molar-refractivity contribution in [3.05, 3.63) is 54.0 Å². The molecular weight excluding hydrogens is 242 g/mol. The lowest BCUT2D eigenvalue weighted by Gasteiger charge is -2.21. The van der Waals surface area contributed by atoms with Gasteiger partial charge in [-0.15, -0.1) is 0 Å². The van der Waals surface area contributed by atoms with Gasteiger partial charge in [0, 0.05) is 18.5 Å². The maximum absolute atomic E-state index is 12.4. The van der Waals surface area contributed by atoms with Crippen molar-refractivity contribution in [2.24, 2.45) is 0 Å². The first-order valence-corrected chi connectivity index (χ1v) is 6.23. The largest absolute Gasteiger partial charge is 0.472 e. The number of hydrogen-bond donors (Lipinski definition) is 0. The number of hydrogen-bond acceptors (Lipinski definition) is 3. The molecular formula is C15H13NO3. The lowest BCUT2D eigenvalue weighted by atomic mass is 10.1. The Morgan fingerprint density at radius 2 is 2.05 bits per heavy atom. The predicted molar refractivity (Wildman–Crippen MR) is 70.4 cm³/mol. The molecule has 1 amide bonds. The fraction of sp³-hybridized carbons (Fsp3) is 0.200. The van der Waals surface area contributed by atoms with Crippen LogP contribution in [0.5, 0.6) is 0 Å². The summed E-state index contributed by atoms with van der Waals surface area (Å²) in [7, 11) is 0. The van der Waals surface area contributed by atoms with E-state index in [2.05, 4.69) is 0 Å². The zero-order valence-electron chi connectivity index (χ0n) is 10.3. The molecule has 3 rings (SSSR count). The van der Waals surface area contributed by atoms with E-state index < -0.39 is 0 Å². The zero-order valence-corrected chi connectivity index (χ0v) is 10.3. The van der Waals surface area contributed by atoms with Crippen LogP contribution >= 0.6 is 0 Å². The molecule has 0 saturated carbocycles. The highest BCUT2D eigenvalue weighted by atomic mass is 16.3. The molecule has 0 spiro atoms. The lowest BCUT2D eigenvalue weighted by Crippen LogP contribution is -2.31. The molecule has 0 N–H and O–H groups in total. The average molecular weight is 255 g/mol. The van der Waals surface area contributed by atoms with E-state index in [0.29, 0.717) is 36.2 Å². The second-order valence-electron chi connectivity index (χ2n) is 4.51. The van der Waals surface area contributed by atoms with E-state index in [1.807, 2.05) is 18.2 Å². The summed E-state index contributed by atoms with van der Waals surface area (Å²) in [5.74, 6) is -0.0333. The molecule has 1 aromatic carbocycles. The number of amides is 1. The summed E-state index contributed by atoms with van der Waals surface area (Å²) in [4.78, 5) is 26.1. The van der Waals surface area contributed by atoms with E-state index in [1.54, 1.807) is 17.0 Å². The molecule has 2 aromatic rings. The Balaban J connectivity index is 2.04. The molecule has 96 valence electrons. The van der Waals surface area contributed by atoms with Gasteiger partial charge in [-0.05, 0) is 24.6 Å². The summed E-state index contributed by atoms with van der Waals surface area (Å²) < 4.78 is 4.95. The third-order valence-corrected chi connectivity index (χ3v) is 3.29. The number of carbonyl (C=O) groups is 2. The molecule has 0 fully saturated rings. The number of para-hydroxylation sites is 1. The number of ketones is 1. The number of furan rings is 1. The van der Waals surface area contributed by atoms with Gasteiger partial charge in [-0.3, -0.25) is 9.59 Å². The molecule has 0 aliphatic carbocycles. The van der Waals surface area contributed by atoms with Crippen molar-refractivity contribution in [2.75, 3.05) is 11.4 Å². The number of benzene rings is 1. The van der Waals surface area contributed by atoms with Crippen molar-refractivity contribution in [1.82, 2.24) is 0 Å². The monoisotopic (exact) mass is 255 g/mol. The summed E-state index contributed by atoms with van der Waals surface area (Å²) in [5, 5.41) is 0. The number of fused-ring (bicyclic) bond motifs is 1. The fourth-order valence-electron chi connectivity index (χ4n) is 2.35. The lowest BCUT2D eigenvalue weighted by molar-refractivity contribution is 0.0973. The van der Waals surface area contributed by atoms with Crippen molar-refractivity contribution in [1.29, 1.82) is 0 Å². The molecule has 4 heteroatoms. The highest BCUT2D eigenvalue weighted by Crippen LogP contribution is 2.27. The second kappa shape index (κ2) is 4.72. The van der Waals surface area contributed by atoms with E-state index in [-0.39, 0.29) is 11.7 Å². The van der Waals surface area contributed by atoms with E-state index in [0.717, 1.165) is 0 Å². The predicted octanol–water partition coefficient (Wildman–Crippen LogP) is 2.90. The Bertz CT molecular complexity index is 616. The van der Waals surface area contributed by atoms with Gasteiger partial charge < -0.3 is 9.32 Å². The second-order valence-corrected chi connectivity index (χ2v) is 4.51. The third-order valence-electron chi connectivity index (χ3n) is 3.29. The molecule has 0 saturated heterocycles. The number of rotatable bonds is 1. The highest BCUT2D eigenvalue weighted by Gasteiger charge is 2.25. The smallest absolute Gasteiger partial charge is 0.261 e. The van der Waals surface area contributed by atoms with Crippen molar-refractivity contribution in [2.45, 2.75) is 12.8 Å². The normalized spacial score (nSPS) is 14.9. The van der Waals surface area contributed by atoms with Crippen LogP contribution in [0.4, 0.5) is 5.69 Å². The first-order chi connectivity index (χ1) is 9.27. The SMILES string of the molecule is O=C1CCCN(C(=O)c2ccoc2)c2ccccc21. The molecule has 0 unspecified atom stereocenters. The van der Waals surface area contributed by atoms with Crippen LogP contribution in [-0.2, 0) is 0 Å². The van der Waals surface area contributed by atoms with Crippen molar-refractivity contribution in [3.8, 4) is 0 Å². The van der Waals surface area contributed by atoms with Gasteiger partial charge in [-0.2, -0.15) is 0 Å². The summed E-state index contributed by atoms with van der Waals surface area (Å²) in [6.45, 7) is 0.548. The first-order valence-electron chi connectivity index (χ1n) is 6.23. The molecule has 4 nitrogen and oxygen atoms in total. The Morgan fingerprint density at radius 3 is 2.84 bits per heavy atom. The van der Waals surface area contributed by atoms with Gasteiger partial charge in [0.05, 0.1) is 17.5 Å². The molecule has 0 radical (unpaired) electrons. The van der Waals surface area contributed by atoms with E-state index >= 15 is 0 Å². The summed E-state index contributed by atoms with van der Waals surface area (Å²) in [6.07, 6.45) is 4.06. The maximum atomic E-state index is 12.4. The van der Waals surface area contributed by atoms with Crippen LogP contribution < -0.4 is 4.90 Å². The number of Topliss-reactive ketones (excluding diaryl/α,β-unsaturated/α-hetero) is 1. The Hall–Kier alpha value is -2.36. The van der Waals surface area contributed by atoms with Crippen molar-refractivity contribution in [3.63, 3.8) is 0 Å². The van der Waals surface area contributed by atoms with Crippen LogP contribution in [-0.4, -0.2) is 18.2 Å². The van der Waals surface area contributed by atoms with Crippen molar-refractivity contribution >= 4 is 17.4 Å². The Morgan fingerprint density at radius 1 is 1.21 bits per heavy atom.